The summed E-state index contributed by atoms with van der Waals surface area (Å²) in [6, 6.07) is 5.72. The summed E-state index contributed by atoms with van der Waals surface area (Å²) >= 11 is 5.82. The molecule has 0 aliphatic heterocycles. The fourth-order valence-electron chi connectivity index (χ4n) is 2.13. The third-order valence-corrected chi connectivity index (χ3v) is 4.14. The van der Waals surface area contributed by atoms with Gasteiger partial charge in [0.1, 0.15) is 6.04 Å². The van der Waals surface area contributed by atoms with Gasteiger partial charge in [-0.15, -0.1) is 0 Å². The Bertz CT molecular complexity index is 590. The average molecular weight is 368 g/mol. The summed E-state index contributed by atoms with van der Waals surface area (Å²) in [4.78, 5) is 36.4. The minimum atomic E-state index is -0.716. The first-order valence-corrected chi connectivity index (χ1v) is 8.87. The van der Waals surface area contributed by atoms with Gasteiger partial charge in [-0.1, -0.05) is 38.8 Å². The second-order valence-electron chi connectivity index (χ2n) is 5.91. The molecule has 6 nitrogen and oxygen atoms in total. The Hall–Kier alpha value is -2.08. The molecule has 1 aromatic carbocycles. The van der Waals surface area contributed by atoms with Gasteiger partial charge in [0.15, 0.2) is 0 Å². The number of nitrogens with one attached hydrogen (secondary N) is 3. The quantitative estimate of drug-likeness (QED) is 0.624. The zero-order valence-electron chi connectivity index (χ0n) is 14.9. The van der Waals surface area contributed by atoms with Crippen LogP contribution in [0, 0.1) is 5.92 Å². The lowest BCUT2D eigenvalue weighted by Gasteiger charge is -2.23. The van der Waals surface area contributed by atoms with Gasteiger partial charge >= 0.3 is 0 Å². The number of rotatable bonds is 9. The molecule has 0 unspecified atom stereocenters. The van der Waals surface area contributed by atoms with Gasteiger partial charge in [-0.3, -0.25) is 14.4 Å². The first kappa shape index (κ1) is 21.0. The van der Waals surface area contributed by atoms with Crippen molar-refractivity contribution < 1.29 is 14.4 Å². The van der Waals surface area contributed by atoms with Gasteiger partial charge in [0.05, 0.1) is 6.54 Å². The van der Waals surface area contributed by atoms with E-state index >= 15 is 0 Å². The molecule has 0 fully saturated rings. The molecule has 0 aliphatic carbocycles. The molecule has 7 heteroatoms. The summed E-state index contributed by atoms with van der Waals surface area (Å²) in [5, 5.41) is 8.55. The highest BCUT2D eigenvalue weighted by Crippen LogP contribution is 2.12. The highest BCUT2D eigenvalue weighted by atomic mass is 35.5. The molecule has 3 amide bonds. The van der Waals surface area contributed by atoms with Crippen molar-refractivity contribution in [3.05, 3.63) is 34.9 Å². The maximum absolute atomic E-state index is 12.4. The van der Waals surface area contributed by atoms with Crippen LogP contribution < -0.4 is 16.0 Å². The highest BCUT2D eigenvalue weighted by molar-refractivity contribution is 6.30. The summed E-state index contributed by atoms with van der Waals surface area (Å²) in [6.07, 6.45) is 1.54. The second kappa shape index (κ2) is 10.7. The lowest BCUT2D eigenvalue weighted by molar-refractivity contribution is -0.127. The van der Waals surface area contributed by atoms with E-state index < -0.39 is 6.04 Å². The van der Waals surface area contributed by atoms with Crippen molar-refractivity contribution in [1.82, 2.24) is 16.0 Å². The zero-order valence-corrected chi connectivity index (χ0v) is 15.7. The Kier molecular flexibility index (Phi) is 8.99. The van der Waals surface area contributed by atoms with Crippen molar-refractivity contribution in [2.75, 3.05) is 13.1 Å². The van der Waals surface area contributed by atoms with E-state index in [1.54, 1.807) is 24.3 Å². The van der Waals surface area contributed by atoms with Crippen molar-refractivity contribution in [2.45, 2.75) is 39.7 Å². The van der Waals surface area contributed by atoms with Gasteiger partial charge in [0, 0.05) is 17.1 Å². The first-order valence-electron chi connectivity index (χ1n) is 8.49. The smallest absolute Gasteiger partial charge is 0.251 e. The van der Waals surface area contributed by atoms with Gasteiger partial charge in [-0.2, -0.15) is 0 Å². The molecular formula is C18H26ClN3O3. The van der Waals surface area contributed by atoms with E-state index in [-0.39, 0.29) is 30.2 Å². The van der Waals surface area contributed by atoms with Crippen LogP contribution in [0.1, 0.15) is 44.0 Å². The predicted octanol–water partition coefficient (Wildman–Crippen LogP) is 2.13. The summed E-state index contributed by atoms with van der Waals surface area (Å²) < 4.78 is 0. The van der Waals surface area contributed by atoms with Gasteiger partial charge in [-0.05, 0) is 36.6 Å². The molecule has 138 valence electrons. The van der Waals surface area contributed by atoms with Gasteiger partial charge in [0.2, 0.25) is 11.8 Å². The van der Waals surface area contributed by atoms with Crippen LogP contribution in [-0.4, -0.2) is 36.9 Å². The highest BCUT2D eigenvalue weighted by Gasteiger charge is 2.26. The van der Waals surface area contributed by atoms with Crippen LogP contribution in [0.5, 0.6) is 0 Å². The molecule has 0 aliphatic rings. The maximum atomic E-state index is 12.4. The summed E-state index contributed by atoms with van der Waals surface area (Å²) in [6.45, 7) is 6.22. The number of halogens is 1. The monoisotopic (exact) mass is 367 g/mol. The molecule has 1 aromatic rings. The van der Waals surface area contributed by atoms with Crippen LogP contribution in [0.3, 0.4) is 0 Å². The Morgan fingerprint density at radius 1 is 1.08 bits per heavy atom. The standard InChI is InChI=1S/C18H26ClN3O3/c1-4-10-20-15(23)11-21-18(25)16(12(3)5-2)22-17(24)13-6-8-14(19)9-7-13/h6-9,12,16H,4-5,10-11H2,1-3H3,(H,20,23)(H,21,25)(H,22,24)/t12-,16+/m0/s1. The van der Waals surface area contributed by atoms with E-state index in [9.17, 15) is 14.4 Å². The molecule has 0 heterocycles. The normalized spacial score (nSPS) is 12.8. The average Bonchev–Trinajstić information content (AvgIpc) is 2.62. The number of amides is 3. The molecule has 25 heavy (non-hydrogen) atoms. The SMILES string of the molecule is CCCNC(=O)CNC(=O)[C@H](NC(=O)c1ccc(Cl)cc1)[C@@H](C)CC. The van der Waals surface area contributed by atoms with Crippen LogP contribution in [0.2, 0.25) is 5.02 Å². The van der Waals surface area contributed by atoms with Gasteiger partial charge in [0.25, 0.3) is 5.91 Å². The molecule has 2 atom stereocenters. The minimum Gasteiger partial charge on any atom is -0.355 e. The second-order valence-corrected chi connectivity index (χ2v) is 6.35. The van der Waals surface area contributed by atoms with E-state index in [0.717, 1.165) is 6.42 Å². The van der Waals surface area contributed by atoms with Crippen LogP contribution in [0.4, 0.5) is 0 Å². The molecule has 0 spiro atoms. The van der Waals surface area contributed by atoms with E-state index in [0.29, 0.717) is 23.6 Å². The molecule has 0 aromatic heterocycles. The van der Waals surface area contributed by atoms with Crippen LogP contribution in [0.15, 0.2) is 24.3 Å². The molecule has 0 saturated heterocycles. The third-order valence-electron chi connectivity index (χ3n) is 3.88. The predicted molar refractivity (Wildman–Crippen MR) is 98.5 cm³/mol. The summed E-state index contributed by atoms with van der Waals surface area (Å²) in [5.41, 5.74) is 0.422. The van der Waals surface area contributed by atoms with Crippen molar-refractivity contribution in [3.8, 4) is 0 Å². The van der Waals surface area contributed by atoms with Crippen LogP contribution in [0.25, 0.3) is 0 Å². The third kappa shape index (κ3) is 7.13. The Labute approximate surface area is 153 Å². The van der Waals surface area contributed by atoms with Crippen molar-refractivity contribution in [2.24, 2.45) is 5.92 Å². The van der Waals surface area contributed by atoms with Crippen molar-refractivity contribution in [3.63, 3.8) is 0 Å². The number of hydrogen-bond acceptors (Lipinski definition) is 3. The molecule has 0 bridgehead atoms. The number of hydrogen-bond donors (Lipinski definition) is 3. The number of carbonyl (C=O) groups excluding carboxylic acids is 3. The largest absolute Gasteiger partial charge is 0.355 e. The molecule has 0 saturated carbocycles. The van der Waals surface area contributed by atoms with E-state index in [4.69, 9.17) is 11.6 Å². The van der Waals surface area contributed by atoms with Crippen molar-refractivity contribution in [1.29, 1.82) is 0 Å². The zero-order chi connectivity index (χ0) is 18.8. The number of carbonyl (C=O) groups is 3. The lowest BCUT2D eigenvalue weighted by atomic mass is 9.98. The summed E-state index contributed by atoms with van der Waals surface area (Å²) in [7, 11) is 0. The molecule has 1 rings (SSSR count). The fourth-order valence-corrected chi connectivity index (χ4v) is 2.26. The maximum Gasteiger partial charge on any atom is 0.251 e. The lowest BCUT2D eigenvalue weighted by Crippen LogP contribution is -2.51. The van der Waals surface area contributed by atoms with E-state index in [1.165, 1.54) is 0 Å². The van der Waals surface area contributed by atoms with E-state index in [1.807, 2.05) is 20.8 Å². The van der Waals surface area contributed by atoms with Gasteiger partial charge < -0.3 is 16.0 Å². The molecule has 0 radical (unpaired) electrons. The van der Waals surface area contributed by atoms with E-state index in [2.05, 4.69) is 16.0 Å². The Balaban J connectivity index is 2.69. The first-order chi connectivity index (χ1) is 11.9. The summed E-state index contributed by atoms with van der Waals surface area (Å²) in [5.74, 6) is -1.05. The fraction of sp³-hybridized carbons (Fsp3) is 0.500. The molecule has 3 N–H and O–H groups in total. The van der Waals surface area contributed by atoms with Crippen LogP contribution >= 0.6 is 11.6 Å². The van der Waals surface area contributed by atoms with Crippen LogP contribution in [-0.2, 0) is 9.59 Å². The Morgan fingerprint density at radius 2 is 1.72 bits per heavy atom. The topological polar surface area (TPSA) is 87.3 Å². The minimum absolute atomic E-state index is 0.0741. The molecular weight excluding hydrogens is 342 g/mol. The van der Waals surface area contributed by atoms with Gasteiger partial charge in [-0.25, -0.2) is 0 Å². The van der Waals surface area contributed by atoms with Crippen molar-refractivity contribution >= 4 is 29.3 Å². The number of benzene rings is 1. The Morgan fingerprint density at radius 3 is 2.28 bits per heavy atom.